The number of carbonyl (C=O) groups excluding carboxylic acids is 1. The van der Waals surface area contributed by atoms with Crippen molar-refractivity contribution in [1.82, 2.24) is 0 Å². The molecule has 8 atom stereocenters. The number of rotatable bonds is 1. The number of ketones is 1. The summed E-state index contributed by atoms with van der Waals surface area (Å²) in [4.78, 5) is 25.2. The van der Waals surface area contributed by atoms with Gasteiger partial charge in [0.2, 0.25) is 0 Å². The molecule has 144 valence electrons. The maximum Gasteiger partial charge on any atom is 0.312 e. The topological polar surface area (TPSA) is 115 Å². The second-order valence-corrected chi connectivity index (χ2v) is 9.55. The van der Waals surface area contributed by atoms with E-state index in [4.69, 9.17) is 0 Å². The van der Waals surface area contributed by atoms with Crippen LogP contribution < -0.4 is 0 Å². The number of carboxylic acids is 1. The van der Waals surface area contributed by atoms with Crippen molar-refractivity contribution >= 4 is 11.8 Å². The number of aliphatic hydroxyl groups is 3. The summed E-state index contributed by atoms with van der Waals surface area (Å²) in [5, 5.41) is 43.3. The molecular weight excluding hydrogens is 336 g/mol. The van der Waals surface area contributed by atoms with E-state index in [1.807, 2.05) is 6.92 Å². The minimum Gasteiger partial charge on any atom is -0.481 e. The first kappa shape index (κ1) is 18.1. The molecule has 0 amide bonds. The Morgan fingerprint density at radius 1 is 1.12 bits per heavy atom. The highest BCUT2D eigenvalue weighted by molar-refractivity contribution is 6.03. The van der Waals surface area contributed by atoms with Crippen LogP contribution in [0.3, 0.4) is 0 Å². The molecule has 6 heteroatoms. The van der Waals surface area contributed by atoms with E-state index < -0.39 is 51.9 Å². The lowest BCUT2D eigenvalue weighted by atomic mass is 9.38. The molecule has 4 rings (SSSR count). The second-order valence-electron chi connectivity index (χ2n) is 9.55. The van der Waals surface area contributed by atoms with Gasteiger partial charge in [-0.15, -0.1) is 0 Å². The Labute approximate surface area is 152 Å². The highest BCUT2D eigenvalue weighted by Gasteiger charge is 2.76. The largest absolute Gasteiger partial charge is 0.481 e. The van der Waals surface area contributed by atoms with Crippen LogP contribution in [0.25, 0.3) is 0 Å². The van der Waals surface area contributed by atoms with Crippen LogP contribution in [-0.2, 0) is 9.59 Å². The highest BCUT2D eigenvalue weighted by Crippen LogP contribution is 2.72. The average Bonchev–Trinajstić information content (AvgIpc) is 2.79. The number of hydrogen-bond donors (Lipinski definition) is 4. The third-order valence-electron chi connectivity index (χ3n) is 8.80. The molecule has 4 N–H and O–H groups in total. The molecule has 0 aromatic heterocycles. The lowest BCUT2D eigenvalue weighted by Gasteiger charge is -2.67. The van der Waals surface area contributed by atoms with Gasteiger partial charge in [-0.3, -0.25) is 9.59 Å². The number of carbonyl (C=O) groups is 2. The molecule has 4 fully saturated rings. The second kappa shape index (κ2) is 4.97. The minimum absolute atomic E-state index is 0.117. The first-order chi connectivity index (χ1) is 12.0. The van der Waals surface area contributed by atoms with Crippen molar-refractivity contribution in [2.45, 2.75) is 70.2 Å². The van der Waals surface area contributed by atoms with Crippen molar-refractivity contribution in [3.8, 4) is 0 Å². The van der Waals surface area contributed by atoms with Gasteiger partial charge in [0.15, 0.2) is 5.78 Å². The molecular formula is C20H28O6. The summed E-state index contributed by atoms with van der Waals surface area (Å²) in [6.45, 7) is 7.26. The van der Waals surface area contributed by atoms with Gasteiger partial charge in [0.25, 0.3) is 0 Å². The van der Waals surface area contributed by atoms with Gasteiger partial charge in [0.1, 0.15) is 0 Å². The fourth-order valence-corrected chi connectivity index (χ4v) is 7.33. The molecule has 0 aromatic carbocycles. The van der Waals surface area contributed by atoms with Crippen LogP contribution in [0, 0.1) is 28.1 Å². The Morgan fingerprint density at radius 3 is 2.38 bits per heavy atom. The molecule has 4 aliphatic carbocycles. The monoisotopic (exact) mass is 364 g/mol. The van der Waals surface area contributed by atoms with Gasteiger partial charge in [0.05, 0.1) is 23.2 Å². The molecule has 0 radical (unpaired) electrons. The molecule has 0 aromatic rings. The molecule has 4 aliphatic rings. The van der Waals surface area contributed by atoms with Gasteiger partial charge in [-0.1, -0.05) is 19.9 Å². The van der Waals surface area contributed by atoms with Crippen molar-refractivity contribution < 1.29 is 30.0 Å². The Hall–Kier alpha value is -1.24. The lowest BCUT2D eigenvalue weighted by Crippen LogP contribution is -2.73. The average molecular weight is 364 g/mol. The summed E-state index contributed by atoms with van der Waals surface area (Å²) in [7, 11) is 0. The summed E-state index contributed by atoms with van der Waals surface area (Å²) < 4.78 is 0. The Kier molecular flexibility index (Phi) is 3.47. The number of Topliss-reactive ketones (excluding diaryl/α,β-unsaturated/α-hetero) is 1. The van der Waals surface area contributed by atoms with Crippen molar-refractivity contribution in [2.24, 2.45) is 28.1 Å². The standard InChI is InChI=1S/C20H28O6/c1-10-11-9-19(15(10)23)7-8-20(26)17(2,14(19)13(22)12(11)21)5-4-6-18(20,3)16(24)25/h11-14,21-22,26H,1,4-9H2,2-3H3,(H,24,25). The Bertz CT molecular complexity index is 717. The van der Waals surface area contributed by atoms with E-state index in [2.05, 4.69) is 6.58 Å². The van der Waals surface area contributed by atoms with Crippen molar-refractivity contribution in [3.63, 3.8) is 0 Å². The molecule has 0 heterocycles. The van der Waals surface area contributed by atoms with Crippen LogP contribution in [0.15, 0.2) is 12.2 Å². The SMILES string of the molecule is C=C1C(=O)C23CCC4(O)C(C)(C(=O)O)CCCC4(C)C2C(O)C(O)C1C3. The molecule has 4 saturated carbocycles. The van der Waals surface area contributed by atoms with Crippen LogP contribution in [0.4, 0.5) is 0 Å². The summed E-state index contributed by atoms with van der Waals surface area (Å²) >= 11 is 0. The zero-order valence-electron chi connectivity index (χ0n) is 15.4. The molecule has 8 unspecified atom stereocenters. The zero-order chi connectivity index (χ0) is 19.3. The number of aliphatic hydroxyl groups excluding tert-OH is 2. The van der Waals surface area contributed by atoms with E-state index in [-0.39, 0.29) is 12.2 Å². The van der Waals surface area contributed by atoms with Crippen LogP contribution in [0.1, 0.15) is 52.4 Å². The van der Waals surface area contributed by atoms with Crippen LogP contribution in [0.5, 0.6) is 0 Å². The molecule has 0 saturated heterocycles. The van der Waals surface area contributed by atoms with Crippen molar-refractivity contribution in [2.75, 3.05) is 0 Å². The lowest BCUT2D eigenvalue weighted by molar-refractivity contribution is -0.283. The van der Waals surface area contributed by atoms with Gasteiger partial charge in [-0.25, -0.2) is 0 Å². The van der Waals surface area contributed by atoms with Gasteiger partial charge < -0.3 is 20.4 Å². The van der Waals surface area contributed by atoms with Gasteiger partial charge in [0, 0.05) is 22.7 Å². The van der Waals surface area contributed by atoms with Gasteiger partial charge in [-0.05, 0) is 44.6 Å². The summed E-state index contributed by atoms with van der Waals surface area (Å²) in [6.07, 6.45) is 0.151. The summed E-state index contributed by atoms with van der Waals surface area (Å²) in [5.74, 6) is -2.29. The third-order valence-corrected chi connectivity index (χ3v) is 8.80. The predicted molar refractivity (Wildman–Crippen MR) is 92.1 cm³/mol. The molecule has 0 aliphatic heterocycles. The third kappa shape index (κ3) is 1.65. The number of aliphatic carboxylic acids is 1. The summed E-state index contributed by atoms with van der Waals surface area (Å²) in [5.41, 5.74) is -4.34. The number of carboxylic acid groups (broad SMARTS) is 1. The maximum atomic E-state index is 13.1. The Balaban J connectivity index is 1.92. The fourth-order valence-electron chi connectivity index (χ4n) is 7.33. The predicted octanol–water partition coefficient (Wildman–Crippen LogP) is 1.28. The molecule has 2 bridgehead atoms. The smallest absolute Gasteiger partial charge is 0.312 e. The van der Waals surface area contributed by atoms with E-state index in [9.17, 15) is 30.0 Å². The van der Waals surface area contributed by atoms with E-state index in [1.54, 1.807) is 6.92 Å². The normalized spacial score (nSPS) is 56.0. The van der Waals surface area contributed by atoms with Gasteiger partial charge in [-0.2, -0.15) is 0 Å². The zero-order valence-corrected chi connectivity index (χ0v) is 15.4. The van der Waals surface area contributed by atoms with E-state index in [0.29, 0.717) is 37.7 Å². The van der Waals surface area contributed by atoms with Crippen LogP contribution in [-0.4, -0.2) is 50.0 Å². The molecule has 1 spiro atoms. The van der Waals surface area contributed by atoms with Crippen LogP contribution >= 0.6 is 0 Å². The van der Waals surface area contributed by atoms with E-state index >= 15 is 0 Å². The summed E-state index contributed by atoms with van der Waals surface area (Å²) in [6, 6.07) is 0. The highest BCUT2D eigenvalue weighted by atomic mass is 16.4. The van der Waals surface area contributed by atoms with Crippen molar-refractivity contribution in [3.05, 3.63) is 12.2 Å². The van der Waals surface area contributed by atoms with Crippen LogP contribution in [0.2, 0.25) is 0 Å². The maximum absolute atomic E-state index is 13.1. The number of hydrogen-bond acceptors (Lipinski definition) is 5. The van der Waals surface area contributed by atoms with E-state index in [1.165, 1.54) is 0 Å². The van der Waals surface area contributed by atoms with Gasteiger partial charge >= 0.3 is 5.97 Å². The minimum atomic E-state index is -1.54. The number of fused-ring (bicyclic) bond motifs is 3. The first-order valence-corrected chi connectivity index (χ1v) is 9.52. The fraction of sp³-hybridized carbons (Fsp3) is 0.800. The molecule has 26 heavy (non-hydrogen) atoms. The van der Waals surface area contributed by atoms with E-state index in [0.717, 1.165) is 0 Å². The Morgan fingerprint density at radius 2 is 1.77 bits per heavy atom. The quantitative estimate of drug-likeness (QED) is 0.521. The van der Waals surface area contributed by atoms with Crippen molar-refractivity contribution in [1.29, 1.82) is 0 Å². The first-order valence-electron chi connectivity index (χ1n) is 9.52. The molecule has 6 nitrogen and oxygen atoms in total.